The Morgan fingerprint density at radius 2 is 1.76 bits per heavy atom. The summed E-state index contributed by atoms with van der Waals surface area (Å²) in [4.78, 5) is 24.9. The minimum atomic E-state index is -0.451. The lowest BCUT2D eigenvalue weighted by molar-refractivity contribution is 0.0962. The number of aromatic nitrogens is 1. The highest BCUT2D eigenvalue weighted by atomic mass is 35.5. The number of hydrogen-bond donors (Lipinski definition) is 2. The molecule has 0 aliphatic rings. The van der Waals surface area contributed by atoms with Gasteiger partial charge in [-0.3, -0.25) is 9.59 Å². The molecule has 3 aromatic rings. The minimum absolute atomic E-state index is 0.0483. The molecule has 0 fully saturated rings. The number of benzene rings is 2. The van der Waals surface area contributed by atoms with Gasteiger partial charge in [0, 0.05) is 32.1 Å². The van der Waals surface area contributed by atoms with Crippen LogP contribution in [0.25, 0.3) is 22.0 Å². The Morgan fingerprint density at radius 3 is 2.36 bits per heavy atom. The van der Waals surface area contributed by atoms with Gasteiger partial charge in [-0.25, -0.2) is 0 Å². The maximum atomic E-state index is 12.6. The molecule has 6 heteroatoms. The summed E-state index contributed by atoms with van der Waals surface area (Å²) in [5, 5.41) is 6.64. The molecule has 0 spiro atoms. The Hall–Kier alpha value is -2.79. The summed E-state index contributed by atoms with van der Waals surface area (Å²) < 4.78 is 1.45. The molecule has 3 rings (SSSR count). The third-order valence-corrected chi connectivity index (χ3v) is 4.68. The number of anilines is 1. The number of aryl methyl sites for hydroxylation is 1. The molecule has 2 aromatic carbocycles. The van der Waals surface area contributed by atoms with Crippen molar-refractivity contribution in [3.05, 3.63) is 63.4 Å². The summed E-state index contributed by atoms with van der Waals surface area (Å²) in [6.07, 6.45) is 0. The molecular formula is C19H18ClN3O2. The second kappa shape index (κ2) is 6.61. The number of rotatable bonds is 3. The Morgan fingerprint density at radius 1 is 1.08 bits per heavy atom. The van der Waals surface area contributed by atoms with Crippen molar-refractivity contribution < 1.29 is 4.79 Å². The van der Waals surface area contributed by atoms with Crippen LogP contribution in [-0.4, -0.2) is 24.6 Å². The number of carbonyl (C=O) groups is 1. The lowest BCUT2D eigenvalue weighted by Crippen LogP contribution is -2.32. The van der Waals surface area contributed by atoms with Crippen molar-refractivity contribution in [1.29, 1.82) is 0 Å². The predicted molar refractivity (Wildman–Crippen MR) is 103 cm³/mol. The Bertz CT molecular complexity index is 1030. The highest BCUT2D eigenvalue weighted by Gasteiger charge is 2.22. The summed E-state index contributed by atoms with van der Waals surface area (Å²) in [5.41, 5.74) is 2.57. The van der Waals surface area contributed by atoms with Crippen molar-refractivity contribution in [2.24, 2.45) is 7.05 Å². The molecule has 0 unspecified atom stereocenters. The van der Waals surface area contributed by atoms with Gasteiger partial charge in [0.15, 0.2) is 0 Å². The smallest absolute Gasteiger partial charge is 0.265 e. The van der Waals surface area contributed by atoms with E-state index in [1.807, 2.05) is 42.5 Å². The zero-order valence-corrected chi connectivity index (χ0v) is 14.9. The van der Waals surface area contributed by atoms with Crippen LogP contribution in [0.1, 0.15) is 10.4 Å². The first-order chi connectivity index (χ1) is 12.0. The van der Waals surface area contributed by atoms with Crippen molar-refractivity contribution in [3.8, 4) is 11.1 Å². The van der Waals surface area contributed by atoms with Crippen molar-refractivity contribution in [3.63, 3.8) is 0 Å². The number of fused-ring (bicyclic) bond motifs is 1. The quantitative estimate of drug-likeness (QED) is 0.758. The predicted octanol–water partition coefficient (Wildman–Crippen LogP) is 3.26. The number of nitrogens with zero attached hydrogens (tertiary/aromatic N) is 1. The van der Waals surface area contributed by atoms with Gasteiger partial charge in [0.2, 0.25) is 0 Å². The summed E-state index contributed by atoms with van der Waals surface area (Å²) in [7, 11) is 4.80. The molecule has 1 amide bonds. The highest BCUT2D eigenvalue weighted by molar-refractivity contribution is 6.39. The van der Waals surface area contributed by atoms with Gasteiger partial charge < -0.3 is 15.2 Å². The molecule has 0 aliphatic carbocycles. The fourth-order valence-electron chi connectivity index (χ4n) is 3.02. The van der Waals surface area contributed by atoms with Crippen LogP contribution in [0.15, 0.2) is 47.3 Å². The van der Waals surface area contributed by atoms with Crippen LogP contribution >= 0.6 is 11.6 Å². The largest absolute Gasteiger partial charge is 0.387 e. The molecule has 1 heterocycles. The van der Waals surface area contributed by atoms with Crippen LogP contribution in [0.2, 0.25) is 5.02 Å². The first-order valence-corrected chi connectivity index (χ1v) is 8.19. The van der Waals surface area contributed by atoms with Gasteiger partial charge in [0.1, 0.15) is 5.56 Å². The SMILES string of the molecule is CNC(=O)c1c(NC)c2c(Cl)c(-c3ccccc3)ccc2n(C)c1=O. The van der Waals surface area contributed by atoms with E-state index in [2.05, 4.69) is 10.6 Å². The molecule has 25 heavy (non-hydrogen) atoms. The monoisotopic (exact) mass is 355 g/mol. The lowest BCUT2D eigenvalue weighted by Gasteiger charge is -2.17. The number of halogens is 1. The van der Waals surface area contributed by atoms with Gasteiger partial charge in [0.25, 0.3) is 11.5 Å². The molecule has 0 bridgehead atoms. The molecule has 2 N–H and O–H groups in total. The number of nitrogens with one attached hydrogen (secondary N) is 2. The standard InChI is InChI=1S/C19H18ClN3O2/c1-21-17-14-13(23(3)19(25)15(17)18(24)22-2)10-9-12(16(14)20)11-7-5-4-6-8-11/h4-10,21H,1-3H3,(H,22,24). The zero-order valence-electron chi connectivity index (χ0n) is 14.2. The van der Waals surface area contributed by atoms with Crippen LogP contribution in [0, 0.1) is 0 Å². The van der Waals surface area contributed by atoms with E-state index in [1.165, 1.54) is 11.6 Å². The van der Waals surface area contributed by atoms with Crippen LogP contribution < -0.4 is 16.2 Å². The van der Waals surface area contributed by atoms with E-state index in [0.717, 1.165) is 11.1 Å². The van der Waals surface area contributed by atoms with Gasteiger partial charge in [-0.15, -0.1) is 0 Å². The fraction of sp³-hybridized carbons (Fsp3) is 0.158. The van der Waals surface area contributed by atoms with Crippen molar-refractivity contribution in [2.75, 3.05) is 19.4 Å². The topological polar surface area (TPSA) is 63.1 Å². The number of pyridine rings is 1. The number of hydrogen-bond acceptors (Lipinski definition) is 3. The normalized spacial score (nSPS) is 10.7. The summed E-state index contributed by atoms with van der Waals surface area (Å²) in [6, 6.07) is 13.5. The maximum Gasteiger partial charge on any atom is 0.265 e. The van der Waals surface area contributed by atoms with E-state index in [1.54, 1.807) is 14.1 Å². The fourth-order valence-corrected chi connectivity index (χ4v) is 3.38. The van der Waals surface area contributed by atoms with E-state index in [4.69, 9.17) is 11.6 Å². The van der Waals surface area contributed by atoms with E-state index in [-0.39, 0.29) is 11.1 Å². The lowest BCUT2D eigenvalue weighted by atomic mass is 10.0. The molecule has 0 saturated heterocycles. The minimum Gasteiger partial charge on any atom is -0.387 e. The summed E-state index contributed by atoms with van der Waals surface area (Å²) >= 11 is 6.72. The number of amides is 1. The molecule has 0 saturated carbocycles. The zero-order chi connectivity index (χ0) is 18.1. The van der Waals surface area contributed by atoms with Crippen LogP contribution in [0.4, 0.5) is 5.69 Å². The van der Waals surface area contributed by atoms with E-state index in [9.17, 15) is 9.59 Å². The van der Waals surface area contributed by atoms with Gasteiger partial charge in [-0.05, 0) is 11.6 Å². The maximum absolute atomic E-state index is 12.6. The molecule has 5 nitrogen and oxygen atoms in total. The molecule has 0 atom stereocenters. The molecule has 1 aromatic heterocycles. The Balaban J connectivity index is 2.47. The van der Waals surface area contributed by atoms with E-state index in [0.29, 0.717) is 21.6 Å². The second-order valence-corrected chi connectivity index (χ2v) is 6.01. The van der Waals surface area contributed by atoms with Crippen molar-refractivity contribution in [2.45, 2.75) is 0 Å². The van der Waals surface area contributed by atoms with Crippen LogP contribution in [-0.2, 0) is 7.05 Å². The number of carbonyl (C=O) groups excluding carboxylic acids is 1. The highest BCUT2D eigenvalue weighted by Crippen LogP contribution is 2.38. The molecule has 0 radical (unpaired) electrons. The van der Waals surface area contributed by atoms with Gasteiger partial charge in [-0.2, -0.15) is 0 Å². The average Bonchev–Trinajstić information content (AvgIpc) is 2.64. The Kier molecular flexibility index (Phi) is 4.51. The first-order valence-electron chi connectivity index (χ1n) is 7.81. The van der Waals surface area contributed by atoms with Crippen molar-refractivity contribution >= 4 is 34.1 Å². The molecular weight excluding hydrogens is 338 g/mol. The molecule has 128 valence electrons. The van der Waals surface area contributed by atoms with E-state index >= 15 is 0 Å². The summed E-state index contributed by atoms with van der Waals surface area (Å²) in [5.74, 6) is -0.451. The van der Waals surface area contributed by atoms with Gasteiger partial charge >= 0.3 is 0 Å². The van der Waals surface area contributed by atoms with Gasteiger partial charge in [0.05, 0.1) is 16.2 Å². The van der Waals surface area contributed by atoms with Crippen LogP contribution in [0.5, 0.6) is 0 Å². The average molecular weight is 356 g/mol. The Labute approximate surface area is 150 Å². The van der Waals surface area contributed by atoms with Gasteiger partial charge in [-0.1, -0.05) is 48.0 Å². The van der Waals surface area contributed by atoms with Crippen molar-refractivity contribution in [1.82, 2.24) is 9.88 Å². The third kappa shape index (κ3) is 2.66. The third-order valence-electron chi connectivity index (χ3n) is 4.29. The molecule has 0 aliphatic heterocycles. The van der Waals surface area contributed by atoms with Crippen LogP contribution in [0.3, 0.4) is 0 Å². The second-order valence-electron chi connectivity index (χ2n) is 5.63. The van der Waals surface area contributed by atoms with E-state index < -0.39 is 5.91 Å². The summed E-state index contributed by atoms with van der Waals surface area (Å²) in [6.45, 7) is 0. The first kappa shape index (κ1) is 17.0.